The SMILES string of the molecule is COC(=O)c1ccc2nc(-c3c[nH]c(C)n3)c(NCc3ccc(C#N)cc3)n2c1. The number of rotatable bonds is 5. The number of imidazole rings is 2. The number of fused-ring (bicyclic) bond motifs is 1. The van der Waals surface area contributed by atoms with E-state index in [9.17, 15) is 4.79 Å². The average Bonchev–Trinajstić information content (AvgIpc) is 3.34. The molecule has 8 heteroatoms. The molecular formula is C21H18N6O2. The lowest BCUT2D eigenvalue weighted by atomic mass is 10.1. The van der Waals surface area contributed by atoms with Crippen molar-refractivity contribution in [3.05, 3.63) is 71.3 Å². The van der Waals surface area contributed by atoms with E-state index in [4.69, 9.17) is 10.00 Å². The van der Waals surface area contributed by atoms with Gasteiger partial charge in [-0.15, -0.1) is 0 Å². The molecule has 0 bridgehead atoms. The van der Waals surface area contributed by atoms with E-state index in [0.29, 0.717) is 40.5 Å². The number of H-pyrrole nitrogens is 1. The minimum absolute atomic E-state index is 0.420. The maximum absolute atomic E-state index is 12.0. The molecular weight excluding hydrogens is 368 g/mol. The zero-order valence-electron chi connectivity index (χ0n) is 15.9. The Hall–Kier alpha value is -4.12. The summed E-state index contributed by atoms with van der Waals surface area (Å²) in [7, 11) is 1.35. The van der Waals surface area contributed by atoms with Crippen molar-refractivity contribution in [3.8, 4) is 17.5 Å². The second-order valence-corrected chi connectivity index (χ2v) is 6.48. The number of esters is 1. The zero-order chi connectivity index (χ0) is 20.4. The van der Waals surface area contributed by atoms with Gasteiger partial charge in [0.25, 0.3) is 0 Å². The third-order valence-electron chi connectivity index (χ3n) is 4.53. The number of nitrogens with zero attached hydrogens (tertiary/aromatic N) is 4. The van der Waals surface area contributed by atoms with Crippen molar-refractivity contribution in [3.63, 3.8) is 0 Å². The second kappa shape index (κ2) is 7.48. The van der Waals surface area contributed by atoms with Gasteiger partial charge in [-0.3, -0.25) is 4.40 Å². The van der Waals surface area contributed by atoms with Crippen LogP contribution in [0.1, 0.15) is 27.3 Å². The number of aryl methyl sites for hydroxylation is 1. The summed E-state index contributed by atoms with van der Waals surface area (Å²) in [6.07, 6.45) is 3.49. The number of aromatic amines is 1. The van der Waals surface area contributed by atoms with Crippen LogP contribution in [0.5, 0.6) is 0 Å². The van der Waals surface area contributed by atoms with Gasteiger partial charge >= 0.3 is 5.97 Å². The molecule has 0 aliphatic carbocycles. The molecule has 2 N–H and O–H groups in total. The van der Waals surface area contributed by atoms with E-state index < -0.39 is 5.97 Å². The van der Waals surface area contributed by atoms with Crippen molar-refractivity contribution < 1.29 is 9.53 Å². The van der Waals surface area contributed by atoms with Crippen LogP contribution in [0.2, 0.25) is 0 Å². The van der Waals surface area contributed by atoms with Crippen LogP contribution >= 0.6 is 0 Å². The van der Waals surface area contributed by atoms with E-state index >= 15 is 0 Å². The largest absolute Gasteiger partial charge is 0.465 e. The molecule has 0 unspecified atom stereocenters. The van der Waals surface area contributed by atoms with Gasteiger partial charge in [0.05, 0.1) is 24.3 Å². The first-order valence-electron chi connectivity index (χ1n) is 8.95. The van der Waals surface area contributed by atoms with Crippen molar-refractivity contribution in [1.82, 2.24) is 19.4 Å². The Labute approximate surface area is 166 Å². The van der Waals surface area contributed by atoms with E-state index in [1.165, 1.54) is 7.11 Å². The van der Waals surface area contributed by atoms with Crippen LogP contribution in [0.3, 0.4) is 0 Å². The fourth-order valence-electron chi connectivity index (χ4n) is 3.05. The lowest BCUT2D eigenvalue weighted by molar-refractivity contribution is 0.0600. The molecule has 1 aromatic carbocycles. The van der Waals surface area contributed by atoms with Crippen LogP contribution in [0.25, 0.3) is 17.0 Å². The number of ether oxygens (including phenoxy) is 1. The van der Waals surface area contributed by atoms with E-state index in [-0.39, 0.29) is 0 Å². The van der Waals surface area contributed by atoms with Crippen LogP contribution in [0.4, 0.5) is 5.82 Å². The predicted octanol–water partition coefficient (Wildman–Crippen LogP) is 3.30. The Morgan fingerprint density at radius 3 is 2.69 bits per heavy atom. The number of hydrogen-bond donors (Lipinski definition) is 2. The highest BCUT2D eigenvalue weighted by atomic mass is 16.5. The van der Waals surface area contributed by atoms with Gasteiger partial charge in [-0.2, -0.15) is 5.26 Å². The molecule has 4 aromatic rings. The number of nitrogens with one attached hydrogen (secondary N) is 2. The van der Waals surface area contributed by atoms with Gasteiger partial charge in [-0.1, -0.05) is 12.1 Å². The highest BCUT2D eigenvalue weighted by Crippen LogP contribution is 2.28. The Bertz CT molecular complexity index is 1230. The Morgan fingerprint density at radius 2 is 2.03 bits per heavy atom. The maximum atomic E-state index is 12.0. The number of aromatic nitrogens is 4. The normalized spacial score (nSPS) is 10.7. The summed E-state index contributed by atoms with van der Waals surface area (Å²) < 4.78 is 6.65. The third-order valence-corrected chi connectivity index (χ3v) is 4.53. The molecule has 0 saturated carbocycles. The van der Waals surface area contributed by atoms with Gasteiger partial charge in [-0.05, 0) is 36.8 Å². The molecule has 0 aliphatic heterocycles. The van der Waals surface area contributed by atoms with Gasteiger partial charge in [0.2, 0.25) is 0 Å². The van der Waals surface area contributed by atoms with Crippen LogP contribution in [-0.4, -0.2) is 32.4 Å². The highest BCUT2D eigenvalue weighted by Gasteiger charge is 2.18. The van der Waals surface area contributed by atoms with Crippen molar-refractivity contribution in [2.75, 3.05) is 12.4 Å². The molecule has 4 rings (SSSR count). The van der Waals surface area contributed by atoms with Gasteiger partial charge < -0.3 is 15.0 Å². The van der Waals surface area contributed by atoms with E-state index in [1.807, 2.05) is 23.5 Å². The van der Waals surface area contributed by atoms with Crippen molar-refractivity contribution in [1.29, 1.82) is 5.26 Å². The molecule has 0 aliphatic rings. The van der Waals surface area contributed by atoms with E-state index in [1.54, 1.807) is 36.7 Å². The van der Waals surface area contributed by atoms with Crippen molar-refractivity contribution >= 4 is 17.4 Å². The summed E-state index contributed by atoms with van der Waals surface area (Å²) in [6.45, 7) is 2.39. The molecule has 29 heavy (non-hydrogen) atoms. The standard InChI is InChI=1S/C21H18N6O2/c1-13-23-11-17(25-13)19-20(24-10-15-5-3-14(9-22)4-6-15)27-12-16(21(28)29-2)7-8-18(27)26-19/h3-8,11-12,24H,10H2,1-2H3,(H,23,25). The highest BCUT2D eigenvalue weighted by molar-refractivity contribution is 5.90. The summed E-state index contributed by atoms with van der Waals surface area (Å²) in [5.74, 6) is 1.07. The molecule has 0 radical (unpaired) electrons. The molecule has 144 valence electrons. The summed E-state index contributed by atoms with van der Waals surface area (Å²) in [5.41, 5.74) is 4.09. The van der Waals surface area contributed by atoms with Crippen molar-refractivity contribution in [2.24, 2.45) is 0 Å². The smallest absolute Gasteiger partial charge is 0.339 e. The van der Waals surface area contributed by atoms with Gasteiger partial charge in [-0.25, -0.2) is 14.8 Å². The average molecular weight is 386 g/mol. The van der Waals surface area contributed by atoms with Crippen LogP contribution in [0.15, 0.2) is 48.8 Å². The number of nitriles is 1. The number of carbonyl (C=O) groups excluding carboxylic acids is 1. The molecule has 0 spiro atoms. The molecule has 0 amide bonds. The first kappa shape index (κ1) is 18.3. The second-order valence-electron chi connectivity index (χ2n) is 6.48. The number of hydrogen-bond acceptors (Lipinski definition) is 6. The zero-order valence-corrected chi connectivity index (χ0v) is 15.9. The first-order chi connectivity index (χ1) is 14.1. The Balaban J connectivity index is 1.76. The quantitative estimate of drug-likeness (QED) is 0.510. The van der Waals surface area contributed by atoms with Gasteiger partial charge in [0.15, 0.2) is 0 Å². The lowest BCUT2D eigenvalue weighted by Crippen LogP contribution is -2.06. The Kier molecular flexibility index (Phi) is 4.71. The van der Waals surface area contributed by atoms with Crippen molar-refractivity contribution in [2.45, 2.75) is 13.5 Å². The van der Waals surface area contributed by atoms with Crippen LogP contribution < -0.4 is 5.32 Å². The topological polar surface area (TPSA) is 108 Å². The summed E-state index contributed by atoms with van der Waals surface area (Å²) in [4.78, 5) is 24.2. The third kappa shape index (κ3) is 3.53. The molecule has 3 aromatic heterocycles. The fraction of sp³-hybridized carbons (Fsp3) is 0.143. The van der Waals surface area contributed by atoms with Gasteiger partial charge in [0, 0.05) is 18.9 Å². The molecule has 3 heterocycles. The lowest BCUT2D eigenvalue weighted by Gasteiger charge is -2.09. The minimum atomic E-state index is -0.421. The molecule has 0 saturated heterocycles. The summed E-state index contributed by atoms with van der Waals surface area (Å²) >= 11 is 0. The number of pyridine rings is 1. The van der Waals surface area contributed by atoms with Crippen LogP contribution in [-0.2, 0) is 11.3 Å². The molecule has 8 nitrogen and oxygen atoms in total. The monoisotopic (exact) mass is 386 g/mol. The maximum Gasteiger partial charge on any atom is 0.339 e. The number of methoxy groups -OCH3 is 1. The number of benzene rings is 1. The predicted molar refractivity (Wildman–Crippen MR) is 107 cm³/mol. The minimum Gasteiger partial charge on any atom is -0.465 e. The number of carbonyl (C=O) groups is 1. The summed E-state index contributed by atoms with van der Waals surface area (Å²) in [6, 6.07) is 12.9. The molecule has 0 atom stereocenters. The summed E-state index contributed by atoms with van der Waals surface area (Å²) in [5, 5.41) is 12.4. The first-order valence-corrected chi connectivity index (χ1v) is 8.95. The van der Waals surface area contributed by atoms with Gasteiger partial charge in [0.1, 0.15) is 28.7 Å². The molecule has 0 fully saturated rings. The fourth-order valence-corrected chi connectivity index (χ4v) is 3.05. The van der Waals surface area contributed by atoms with Crippen LogP contribution in [0, 0.1) is 18.3 Å². The number of anilines is 1. The van der Waals surface area contributed by atoms with E-state index in [0.717, 1.165) is 11.4 Å². The Morgan fingerprint density at radius 1 is 1.24 bits per heavy atom. The van der Waals surface area contributed by atoms with E-state index in [2.05, 4.69) is 26.3 Å².